The molecule has 0 unspecified atom stereocenters. The maximum Gasteiger partial charge on any atom is 4.00 e. The minimum absolute atomic E-state index is 0. The van der Waals surface area contributed by atoms with Crippen molar-refractivity contribution in [3.05, 3.63) is 128 Å². The van der Waals surface area contributed by atoms with Crippen LogP contribution in [0.5, 0.6) is 0 Å². The summed E-state index contributed by atoms with van der Waals surface area (Å²) in [6.45, 7) is 2.11. The summed E-state index contributed by atoms with van der Waals surface area (Å²) in [5, 5.41) is 2.41. The van der Waals surface area contributed by atoms with E-state index in [1.807, 2.05) is 12.1 Å². The third-order valence-corrected chi connectivity index (χ3v) is 7.45. The van der Waals surface area contributed by atoms with Gasteiger partial charge in [-0.15, -0.1) is 56.9 Å². The van der Waals surface area contributed by atoms with Crippen LogP contribution in [0.25, 0.3) is 27.5 Å². The largest absolute Gasteiger partial charge is 4.00 e. The molecule has 180 valence electrons. The molecule has 7 rings (SSSR count). The number of nitrogens with zero attached hydrogens (tertiary/aromatic N) is 3. The number of hydrogen-bond donors (Lipinski definition) is 0. The molecule has 0 fully saturated rings. The van der Waals surface area contributed by atoms with Gasteiger partial charge in [0.05, 0.1) is 0 Å². The summed E-state index contributed by atoms with van der Waals surface area (Å²) in [7, 11) is 2.07. The van der Waals surface area contributed by atoms with Crippen LogP contribution >= 0.6 is 11.8 Å². The van der Waals surface area contributed by atoms with E-state index in [-0.39, 0.29) is 21.1 Å². The molecule has 1 aliphatic rings. The Bertz CT molecular complexity index is 1730. The van der Waals surface area contributed by atoms with Gasteiger partial charge in [-0.05, 0) is 30.6 Å². The molecule has 1 aromatic heterocycles. The zero-order valence-electron chi connectivity index (χ0n) is 20.0. The molecule has 5 heteroatoms. The summed E-state index contributed by atoms with van der Waals surface area (Å²) in [5.74, 6) is 0. The Hall–Kier alpha value is -3.46. The van der Waals surface area contributed by atoms with Gasteiger partial charge in [-0.25, -0.2) is 0 Å². The Kier molecular flexibility index (Phi) is 6.32. The van der Waals surface area contributed by atoms with Crippen molar-refractivity contribution in [2.75, 3.05) is 16.8 Å². The van der Waals surface area contributed by atoms with E-state index in [9.17, 15) is 0 Å². The minimum atomic E-state index is 0. The zero-order chi connectivity index (χ0) is 24.1. The van der Waals surface area contributed by atoms with Crippen LogP contribution < -0.4 is 9.80 Å². The number of benzene rings is 5. The first kappa shape index (κ1) is 23.9. The average Bonchev–Trinajstić information content (AvgIpc) is 3.44. The van der Waals surface area contributed by atoms with Gasteiger partial charge in [-0.1, -0.05) is 41.5 Å². The second kappa shape index (κ2) is 9.78. The standard InChI is InChI=1S/C32H21N3S.Pt/c1-33-22-34(31-17-8-7-16-30(31)33)24-12-9-13-25(20-24)36-26-18-19-28-27-14-5-6-15-29(27)35(32(28)21-26)23-10-3-2-4-11-23;/h2-10,12-19,22H,1H3;/q-4;+4. The average molecular weight is 675 g/mol. The Morgan fingerprint density at radius 3 is 2.30 bits per heavy atom. The van der Waals surface area contributed by atoms with E-state index in [1.54, 1.807) is 11.8 Å². The molecule has 1 aliphatic heterocycles. The van der Waals surface area contributed by atoms with Crippen LogP contribution in [0.1, 0.15) is 0 Å². The number of fused-ring (bicyclic) bond motifs is 4. The molecule has 37 heavy (non-hydrogen) atoms. The monoisotopic (exact) mass is 674 g/mol. The summed E-state index contributed by atoms with van der Waals surface area (Å²) in [6, 6.07) is 46.4. The predicted octanol–water partition coefficient (Wildman–Crippen LogP) is 8.04. The fraction of sp³-hybridized carbons (Fsp3) is 0.0312. The Balaban J connectivity index is 0.00000252. The summed E-state index contributed by atoms with van der Waals surface area (Å²) in [5.41, 5.74) is 6.61. The molecule has 5 aromatic carbocycles. The van der Waals surface area contributed by atoms with Crippen molar-refractivity contribution in [2.45, 2.75) is 9.79 Å². The Morgan fingerprint density at radius 2 is 1.43 bits per heavy atom. The number of hydrogen-bond acceptors (Lipinski definition) is 3. The molecule has 0 saturated carbocycles. The van der Waals surface area contributed by atoms with Gasteiger partial charge < -0.3 is 14.4 Å². The van der Waals surface area contributed by atoms with E-state index in [4.69, 9.17) is 0 Å². The smallest absolute Gasteiger partial charge is 0.504 e. The quantitative estimate of drug-likeness (QED) is 0.176. The maximum absolute atomic E-state index is 3.70. The summed E-state index contributed by atoms with van der Waals surface area (Å²) in [4.78, 5) is 6.44. The van der Waals surface area contributed by atoms with Crippen LogP contribution in [-0.4, -0.2) is 11.6 Å². The van der Waals surface area contributed by atoms with Crippen molar-refractivity contribution in [3.63, 3.8) is 0 Å². The Morgan fingerprint density at radius 1 is 0.676 bits per heavy atom. The van der Waals surface area contributed by atoms with Crippen LogP contribution in [0.3, 0.4) is 0 Å². The number of rotatable bonds is 4. The molecular formula is C32H21N3PtS. The van der Waals surface area contributed by atoms with Crippen molar-refractivity contribution in [1.29, 1.82) is 0 Å². The molecule has 0 N–H and O–H groups in total. The van der Waals surface area contributed by atoms with Gasteiger partial charge in [0.15, 0.2) is 0 Å². The van der Waals surface area contributed by atoms with Crippen LogP contribution in [-0.2, 0) is 21.1 Å². The van der Waals surface area contributed by atoms with E-state index < -0.39 is 0 Å². The number of anilines is 3. The van der Waals surface area contributed by atoms with Crippen LogP contribution in [0.4, 0.5) is 17.1 Å². The molecule has 0 radical (unpaired) electrons. The molecule has 0 bridgehead atoms. The van der Waals surface area contributed by atoms with E-state index >= 15 is 0 Å². The second-order valence-corrected chi connectivity index (χ2v) is 9.86. The van der Waals surface area contributed by atoms with E-state index in [2.05, 4.69) is 137 Å². The normalized spacial score (nSPS) is 12.7. The molecular weight excluding hydrogens is 654 g/mol. The van der Waals surface area contributed by atoms with Gasteiger partial charge in [0.1, 0.15) is 0 Å². The fourth-order valence-corrected chi connectivity index (χ4v) is 5.74. The van der Waals surface area contributed by atoms with Gasteiger partial charge in [0, 0.05) is 16.9 Å². The van der Waals surface area contributed by atoms with Crippen molar-refractivity contribution >= 4 is 50.6 Å². The molecule has 0 amide bonds. The predicted molar refractivity (Wildman–Crippen MR) is 149 cm³/mol. The van der Waals surface area contributed by atoms with Gasteiger partial charge >= 0.3 is 21.1 Å². The summed E-state index contributed by atoms with van der Waals surface area (Å²) >= 11 is 1.68. The van der Waals surface area contributed by atoms with Gasteiger partial charge in [0.2, 0.25) is 0 Å². The van der Waals surface area contributed by atoms with Crippen LogP contribution in [0.2, 0.25) is 0 Å². The third kappa shape index (κ3) is 4.15. The first-order valence-corrected chi connectivity index (χ1v) is 12.7. The zero-order valence-corrected chi connectivity index (χ0v) is 23.0. The van der Waals surface area contributed by atoms with Gasteiger partial charge in [-0.2, -0.15) is 55.2 Å². The van der Waals surface area contributed by atoms with Crippen molar-refractivity contribution < 1.29 is 21.1 Å². The molecule has 3 nitrogen and oxygen atoms in total. The number of para-hydroxylation sites is 4. The molecule has 6 aromatic rings. The van der Waals surface area contributed by atoms with Crippen molar-refractivity contribution in [1.82, 2.24) is 4.57 Å². The molecule has 2 heterocycles. The molecule has 0 atom stereocenters. The second-order valence-electron chi connectivity index (χ2n) is 8.77. The SMILES string of the molecule is CN1[CH-]N(c2[c-]c(Sc3[c-]c4c(cc3)c3ccccc3n4-c3[c-]cccc3)ccc2)c2ccccc21.[Pt+4]. The first-order chi connectivity index (χ1) is 17.8. The number of aromatic nitrogens is 1. The van der Waals surface area contributed by atoms with Crippen LogP contribution in [0.15, 0.2) is 113 Å². The Labute approximate surface area is 235 Å². The van der Waals surface area contributed by atoms with Crippen molar-refractivity contribution in [3.8, 4) is 5.69 Å². The topological polar surface area (TPSA) is 11.4 Å². The summed E-state index contributed by atoms with van der Waals surface area (Å²) < 4.78 is 2.25. The summed E-state index contributed by atoms with van der Waals surface area (Å²) in [6.07, 6.45) is 0. The van der Waals surface area contributed by atoms with E-state index in [0.717, 1.165) is 37.9 Å². The van der Waals surface area contributed by atoms with E-state index in [0.29, 0.717) is 0 Å². The molecule has 0 aliphatic carbocycles. The molecule has 0 spiro atoms. The van der Waals surface area contributed by atoms with Crippen LogP contribution in [0, 0.1) is 24.9 Å². The van der Waals surface area contributed by atoms with E-state index in [1.165, 1.54) is 16.5 Å². The fourth-order valence-electron chi connectivity index (χ4n) is 4.92. The minimum Gasteiger partial charge on any atom is -0.504 e. The molecule has 0 saturated heterocycles. The van der Waals surface area contributed by atoms with Crippen molar-refractivity contribution in [2.24, 2.45) is 0 Å². The maximum atomic E-state index is 3.70. The third-order valence-electron chi connectivity index (χ3n) is 6.53. The first-order valence-electron chi connectivity index (χ1n) is 11.9. The van der Waals surface area contributed by atoms with Gasteiger partial charge in [0.25, 0.3) is 0 Å². The van der Waals surface area contributed by atoms with Gasteiger partial charge in [-0.3, -0.25) is 0 Å².